The SMILES string of the molecule is CC1(C)C(NC(=O)c2ccc(CCC3CN(c4ccc5c(c4)C(=O)N(C4CCC(=O)NC4=O)C5=O)C3)cc2)C(C)(C)C1Oc1ccc(C#N)c(Cl)c1. The Balaban J connectivity index is 0.895. The molecule has 1 atom stereocenters. The van der Waals surface area contributed by atoms with Crippen molar-refractivity contribution in [2.75, 3.05) is 18.0 Å². The number of carbonyl (C=O) groups excluding carboxylic acids is 5. The van der Waals surface area contributed by atoms with Gasteiger partial charge in [-0.1, -0.05) is 51.4 Å². The molecule has 0 bridgehead atoms. The fraction of sp³-hybridized carbons (Fsp3) is 0.400. The van der Waals surface area contributed by atoms with Gasteiger partial charge in [0, 0.05) is 53.7 Å². The summed E-state index contributed by atoms with van der Waals surface area (Å²) < 4.78 is 6.35. The molecule has 5 amide bonds. The van der Waals surface area contributed by atoms with Crippen molar-refractivity contribution in [2.45, 2.75) is 71.6 Å². The summed E-state index contributed by atoms with van der Waals surface area (Å²) in [6, 6.07) is 18.9. The van der Waals surface area contributed by atoms with E-state index in [4.69, 9.17) is 16.3 Å². The summed E-state index contributed by atoms with van der Waals surface area (Å²) in [5.41, 5.74) is 2.81. The van der Waals surface area contributed by atoms with Crippen molar-refractivity contribution < 1.29 is 28.7 Å². The van der Waals surface area contributed by atoms with E-state index in [1.165, 1.54) is 0 Å². The number of aryl methyl sites for hydroxylation is 1. The molecule has 7 rings (SSSR count). The van der Waals surface area contributed by atoms with E-state index < -0.39 is 29.7 Å². The first-order valence-electron chi connectivity index (χ1n) is 17.6. The maximum Gasteiger partial charge on any atom is 0.262 e. The van der Waals surface area contributed by atoms with Crippen LogP contribution in [0.25, 0.3) is 0 Å². The molecule has 0 radical (unpaired) electrons. The number of hydrogen-bond donors (Lipinski definition) is 2. The molecule has 2 N–H and O–H groups in total. The van der Waals surface area contributed by atoms with Crippen LogP contribution in [0, 0.1) is 28.1 Å². The zero-order valence-corrected chi connectivity index (χ0v) is 30.3. The molecule has 52 heavy (non-hydrogen) atoms. The van der Waals surface area contributed by atoms with Gasteiger partial charge in [-0.05, 0) is 73.2 Å². The van der Waals surface area contributed by atoms with Crippen molar-refractivity contribution in [3.05, 3.63) is 93.5 Å². The number of nitrogens with zero attached hydrogens (tertiary/aromatic N) is 3. The number of fused-ring (bicyclic) bond motifs is 1. The molecular formula is C40H40ClN5O6. The Kier molecular flexibility index (Phi) is 8.86. The second-order valence-corrected chi connectivity index (χ2v) is 15.9. The maximum atomic E-state index is 13.4. The predicted molar refractivity (Wildman–Crippen MR) is 193 cm³/mol. The lowest BCUT2D eigenvalue weighted by Crippen LogP contribution is -2.74. The molecule has 4 aliphatic rings. The summed E-state index contributed by atoms with van der Waals surface area (Å²) in [7, 11) is 0. The van der Waals surface area contributed by atoms with E-state index in [9.17, 15) is 29.2 Å². The summed E-state index contributed by atoms with van der Waals surface area (Å²) in [6.45, 7) is 9.93. The minimum absolute atomic E-state index is 0.0816. The first-order valence-corrected chi connectivity index (χ1v) is 17.9. The monoisotopic (exact) mass is 721 g/mol. The lowest BCUT2D eigenvalue weighted by molar-refractivity contribution is -0.164. The number of ether oxygens (including phenoxy) is 1. The fourth-order valence-electron chi connectivity index (χ4n) is 8.62. The quantitative estimate of drug-likeness (QED) is 0.283. The number of imide groups is 2. The van der Waals surface area contributed by atoms with E-state index >= 15 is 0 Å². The van der Waals surface area contributed by atoms with Gasteiger partial charge in [0.1, 0.15) is 24.0 Å². The highest BCUT2D eigenvalue weighted by atomic mass is 35.5. The molecule has 0 aromatic heterocycles. The van der Waals surface area contributed by atoms with Gasteiger partial charge in [-0.15, -0.1) is 0 Å². The summed E-state index contributed by atoms with van der Waals surface area (Å²) >= 11 is 6.22. The third-order valence-corrected chi connectivity index (χ3v) is 11.5. The number of hydrogen-bond acceptors (Lipinski definition) is 8. The third-order valence-electron chi connectivity index (χ3n) is 11.2. The van der Waals surface area contributed by atoms with Crippen LogP contribution in [0.4, 0.5) is 5.69 Å². The first kappa shape index (κ1) is 35.2. The molecule has 3 heterocycles. The third kappa shape index (κ3) is 6.09. The summed E-state index contributed by atoms with van der Waals surface area (Å²) in [4.78, 5) is 66.7. The first-order chi connectivity index (χ1) is 24.7. The second-order valence-electron chi connectivity index (χ2n) is 15.5. The van der Waals surface area contributed by atoms with Crippen LogP contribution in [-0.2, 0) is 16.0 Å². The van der Waals surface area contributed by atoms with Crippen LogP contribution >= 0.6 is 11.6 Å². The number of nitrogens with one attached hydrogen (secondary N) is 2. The molecule has 1 saturated carbocycles. The van der Waals surface area contributed by atoms with Gasteiger partial charge in [0.25, 0.3) is 17.7 Å². The van der Waals surface area contributed by atoms with E-state index in [0.29, 0.717) is 27.8 Å². The summed E-state index contributed by atoms with van der Waals surface area (Å²) in [6.07, 6.45) is 1.84. The Bertz CT molecular complexity index is 2030. The highest BCUT2D eigenvalue weighted by molar-refractivity contribution is 6.31. The van der Waals surface area contributed by atoms with E-state index in [1.807, 2.05) is 30.3 Å². The summed E-state index contributed by atoms with van der Waals surface area (Å²) in [5.74, 6) is -1.14. The smallest absolute Gasteiger partial charge is 0.262 e. The Morgan fingerprint density at radius 3 is 2.31 bits per heavy atom. The minimum atomic E-state index is -0.983. The Morgan fingerprint density at radius 1 is 0.962 bits per heavy atom. The fourth-order valence-corrected chi connectivity index (χ4v) is 8.84. The molecule has 11 nitrogen and oxygen atoms in total. The average Bonchev–Trinajstić information content (AvgIpc) is 3.33. The van der Waals surface area contributed by atoms with Crippen LogP contribution in [0.1, 0.15) is 89.2 Å². The Labute approximate surface area is 307 Å². The van der Waals surface area contributed by atoms with Crippen molar-refractivity contribution in [3.8, 4) is 11.8 Å². The molecule has 12 heteroatoms. The highest BCUT2D eigenvalue weighted by Crippen LogP contribution is 2.55. The highest BCUT2D eigenvalue weighted by Gasteiger charge is 2.64. The van der Waals surface area contributed by atoms with Gasteiger partial charge in [-0.2, -0.15) is 5.26 Å². The number of halogens is 1. The standard InChI is InChI=1S/C40H40ClN5O6/c1-39(2)37(40(3,4)38(39)52-27-13-11-25(19-42)30(41)18-27)44-33(48)24-9-7-22(8-10-24)5-6-23-20-45(21-23)26-12-14-28-29(17-26)36(51)46(35(28)50)31-15-16-32(47)43-34(31)49/h7-14,17-18,23,31,37-38H,5-6,15-16,20-21H2,1-4H3,(H,44,48)(H,43,47,49). The van der Waals surface area contributed by atoms with Crippen molar-refractivity contribution >= 4 is 46.8 Å². The van der Waals surface area contributed by atoms with Gasteiger partial charge in [-0.3, -0.25) is 34.2 Å². The van der Waals surface area contributed by atoms with Gasteiger partial charge >= 0.3 is 0 Å². The van der Waals surface area contributed by atoms with E-state index in [2.05, 4.69) is 49.3 Å². The van der Waals surface area contributed by atoms with Gasteiger partial charge in [0.15, 0.2) is 0 Å². The normalized spacial score (nSPS) is 23.3. The van der Waals surface area contributed by atoms with Crippen LogP contribution in [-0.4, -0.2) is 65.7 Å². The average molecular weight is 722 g/mol. The molecule has 2 saturated heterocycles. The Hall–Kier alpha value is -5.21. The largest absolute Gasteiger partial charge is 0.489 e. The lowest BCUT2D eigenvalue weighted by Gasteiger charge is -2.63. The van der Waals surface area contributed by atoms with Gasteiger partial charge in [0.2, 0.25) is 11.8 Å². The van der Waals surface area contributed by atoms with Crippen LogP contribution in [0.2, 0.25) is 5.02 Å². The number of piperidine rings is 1. The van der Waals surface area contributed by atoms with Gasteiger partial charge in [0.05, 0.1) is 21.7 Å². The molecule has 268 valence electrons. The van der Waals surface area contributed by atoms with E-state index in [0.717, 1.165) is 42.1 Å². The van der Waals surface area contributed by atoms with Crippen molar-refractivity contribution in [3.63, 3.8) is 0 Å². The molecule has 1 unspecified atom stereocenters. The van der Waals surface area contributed by atoms with Crippen molar-refractivity contribution in [1.82, 2.24) is 15.5 Å². The second kappa shape index (κ2) is 13.1. The van der Waals surface area contributed by atoms with E-state index in [-0.39, 0.29) is 52.9 Å². The molecule has 3 aromatic rings. The lowest BCUT2D eigenvalue weighted by atomic mass is 9.49. The Morgan fingerprint density at radius 2 is 1.65 bits per heavy atom. The number of anilines is 1. The van der Waals surface area contributed by atoms with Gasteiger partial charge < -0.3 is 15.0 Å². The molecule has 3 aliphatic heterocycles. The number of benzene rings is 3. The number of rotatable bonds is 9. The molecule has 3 aromatic carbocycles. The molecular weight excluding hydrogens is 682 g/mol. The van der Waals surface area contributed by atoms with E-state index in [1.54, 1.807) is 30.3 Å². The molecule has 3 fully saturated rings. The van der Waals surface area contributed by atoms with Crippen LogP contribution < -0.4 is 20.3 Å². The van der Waals surface area contributed by atoms with Crippen LogP contribution in [0.3, 0.4) is 0 Å². The van der Waals surface area contributed by atoms with Crippen molar-refractivity contribution in [1.29, 1.82) is 5.26 Å². The summed E-state index contributed by atoms with van der Waals surface area (Å²) in [5, 5.41) is 15.0. The number of amides is 5. The van der Waals surface area contributed by atoms with Crippen molar-refractivity contribution in [2.24, 2.45) is 16.7 Å². The number of carbonyl (C=O) groups is 5. The maximum absolute atomic E-state index is 13.4. The van der Waals surface area contributed by atoms with Crippen LogP contribution in [0.15, 0.2) is 60.7 Å². The zero-order chi connectivity index (χ0) is 37.1. The molecule has 1 aliphatic carbocycles. The predicted octanol–water partition coefficient (Wildman–Crippen LogP) is 5.29. The molecule has 0 spiro atoms. The van der Waals surface area contributed by atoms with Gasteiger partial charge in [-0.25, -0.2) is 0 Å². The van der Waals surface area contributed by atoms with Crippen LogP contribution in [0.5, 0.6) is 5.75 Å². The zero-order valence-electron chi connectivity index (χ0n) is 29.5. The minimum Gasteiger partial charge on any atom is -0.489 e. The topological polar surface area (TPSA) is 149 Å². The number of nitriles is 1.